The molecule has 0 amide bonds. The van der Waals surface area contributed by atoms with Crippen LogP contribution in [-0.4, -0.2) is 6.10 Å². The van der Waals surface area contributed by atoms with E-state index in [4.69, 9.17) is 10.5 Å². The van der Waals surface area contributed by atoms with E-state index in [0.717, 1.165) is 18.1 Å². The maximum atomic E-state index is 6.36. The lowest BCUT2D eigenvalue weighted by Crippen LogP contribution is -2.38. The third kappa shape index (κ3) is 3.11. The highest BCUT2D eigenvalue weighted by Crippen LogP contribution is 2.44. The number of hydrogen-bond donors (Lipinski definition) is 1. The zero-order valence-electron chi connectivity index (χ0n) is 13.6. The second-order valence-electron chi connectivity index (χ2n) is 8.01. The Morgan fingerprint density at radius 3 is 2.38 bits per heavy atom. The third-order valence-corrected chi connectivity index (χ3v) is 5.61. The number of fused-ring (bicyclic) bond motifs is 1. The van der Waals surface area contributed by atoms with Gasteiger partial charge in [0.15, 0.2) is 0 Å². The van der Waals surface area contributed by atoms with Crippen LogP contribution in [0.5, 0.6) is 5.75 Å². The van der Waals surface area contributed by atoms with E-state index in [2.05, 4.69) is 39.0 Å². The summed E-state index contributed by atoms with van der Waals surface area (Å²) in [6.45, 7) is 7.13. The maximum absolute atomic E-state index is 6.36. The van der Waals surface area contributed by atoms with Gasteiger partial charge in [0.25, 0.3) is 0 Å². The van der Waals surface area contributed by atoms with Crippen LogP contribution >= 0.6 is 0 Å². The smallest absolute Gasteiger partial charge is 0.124 e. The molecule has 1 aromatic carbocycles. The Morgan fingerprint density at radius 2 is 1.71 bits per heavy atom. The fourth-order valence-electron chi connectivity index (χ4n) is 4.13. The summed E-state index contributed by atoms with van der Waals surface area (Å²) < 4.78 is 6.28. The first-order chi connectivity index (χ1) is 9.95. The van der Waals surface area contributed by atoms with Gasteiger partial charge in [-0.15, -0.1) is 0 Å². The maximum Gasteiger partial charge on any atom is 0.124 e. The number of hydrogen-bond acceptors (Lipinski definition) is 2. The van der Waals surface area contributed by atoms with Gasteiger partial charge in [0.1, 0.15) is 11.9 Å². The molecule has 1 saturated carbocycles. The Hall–Kier alpha value is -1.02. The number of nitrogens with two attached hydrogens (primary N) is 1. The van der Waals surface area contributed by atoms with E-state index in [-0.39, 0.29) is 6.04 Å². The average molecular weight is 287 g/mol. The van der Waals surface area contributed by atoms with Crippen molar-refractivity contribution < 1.29 is 4.74 Å². The van der Waals surface area contributed by atoms with Gasteiger partial charge in [-0.25, -0.2) is 0 Å². The summed E-state index contributed by atoms with van der Waals surface area (Å²) in [7, 11) is 0. The predicted molar refractivity (Wildman–Crippen MR) is 87.3 cm³/mol. The van der Waals surface area contributed by atoms with Crippen molar-refractivity contribution >= 4 is 0 Å². The van der Waals surface area contributed by atoms with E-state index in [9.17, 15) is 0 Å². The molecule has 0 bridgehead atoms. The van der Waals surface area contributed by atoms with Crippen molar-refractivity contribution in [1.29, 1.82) is 0 Å². The summed E-state index contributed by atoms with van der Waals surface area (Å²) in [6.07, 6.45) is 6.55. The molecule has 1 fully saturated rings. The molecular weight excluding hydrogens is 258 g/mol. The Morgan fingerprint density at radius 1 is 1.05 bits per heavy atom. The molecule has 2 heteroatoms. The monoisotopic (exact) mass is 287 g/mol. The summed E-state index contributed by atoms with van der Waals surface area (Å²) >= 11 is 0. The summed E-state index contributed by atoms with van der Waals surface area (Å²) in [4.78, 5) is 0. The van der Waals surface area contributed by atoms with Crippen molar-refractivity contribution in [2.45, 2.75) is 65.0 Å². The molecule has 0 aromatic heterocycles. The van der Waals surface area contributed by atoms with E-state index < -0.39 is 0 Å². The van der Waals surface area contributed by atoms with E-state index >= 15 is 0 Å². The number of benzene rings is 1. The molecule has 2 N–H and O–H groups in total. The molecule has 1 aliphatic carbocycles. The van der Waals surface area contributed by atoms with Crippen molar-refractivity contribution in [3.05, 3.63) is 29.8 Å². The third-order valence-electron chi connectivity index (χ3n) is 5.61. The van der Waals surface area contributed by atoms with Crippen LogP contribution in [0.4, 0.5) is 0 Å². The normalized spacial score (nSPS) is 33.1. The molecule has 116 valence electrons. The first kappa shape index (κ1) is 14.9. The molecule has 2 atom stereocenters. The zero-order chi connectivity index (χ0) is 15.0. The van der Waals surface area contributed by atoms with Crippen LogP contribution in [0.15, 0.2) is 24.3 Å². The summed E-state index contributed by atoms with van der Waals surface area (Å²) in [5.41, 5.74) is 7.98. The molecule has 0 spiro atoms. The molecule has 21 heavy (non-hydrogen) atoms. The zero-order valence-corrected chi connectivity index (χ0v) is 13.6. The minimum Gasteiger partial charge on any atom is -0.490 e. The van der Waals surface area contributed by atoms with Crippen LogP contribution in [-0.2, 0) is 0 Å². The van der Waals surface area contributed by atoms with Crippen molar-refractivity contribution in [2.75, 3.05) is 0 Å². The number of rotatable bonds is 1. The van der Waals surface area contributed by atoms with Gasteiger partial charge in [0, 0.05) is 18.0 Å². The van der Waals surface area contributed by atoms with E-state index in [1.165, 1.54) is 31.2 Å². The molecule has 0 radical (unpaired) electrons. The first-order valence-corrected chi connectivity index (χ1v) is 8.46. The number of para-hydroxylation sites is 1. The van der Waals surface area contributed by atoms with Gasteiger partial charge < -0.3 is 10.5 Å². The fraction of sp³-hybridized carbons (Fsp3) is 0.684. The van der Waals surface area contributed by atoms with Crippen LogP contribution < -0.4 is 10.5 Å². The first-order valence-electron chi connectivity index (χ1n) is 8.46. The molecule has 2 nitrogen and oxygen atoms in total. The quantitative estimate of drug-likeness (QED) is 0.813. The largest absolute Gasteiger partial charge is 0.490 e. The highest BCUT2D eigenvalue weighted by Gasteiger charge is 2.36. The van der Waals surface area contributed by atoms with Crippen molar-refractivity contribution in [2.24, 2.45) is 23.0 Å². The van der Waals surface area contributed by atoms with Gasteiger partial charge in [-0.3, -0.25) is 0 Å². The molecule has 0 saturated heterocycles. The van der Waals surface area contributed by atoms with Crippen molar-refractivity contribution in [3.63, 3.8) is 0 Å². The molecule has 3 rings (SSSR count). The molecule has 1 aromatic rings. The Bertz CT molecular complexity index is 483. The minimum atomic E-state index is 0.139. The van der Waals surface area contributed by atoms with Crippen LogP contribution in [0, 0.1) is 17.3 Å². The lowest BCUT2D eigenvalue weighted by Gasteiger charge is -2.41. The van der Waals surface area contributed by atoms with Crippen LogP contribution in [0.1, 0.15) is 64.5 Å². The van der Waals surface area contributed by atoms with Crippen molar-refractivity contribution in [1.82, 2.24) is 0 Å². The highest BCUT2D eigenvalue weighted by atomic mass is 16.5. The molecule has 1 unspecified atom stereocenters. The van der Waals surface area contributed by atoms with Gasteiger partial charge >= 0.3 is 0 Å². The van der Waals surface area contributed by atoms with Crippen molar-refractivity contribution in [3.8, 4) is 5.75 Å². The van der Waals surface area contributed by atoms with Gasteiger partial charge in [-0.1, -0.05) is 39.0 Å². The standard InChI is InChI=1S/C19H29NO/c1-19(2,3)14-10-8-13(9-11-14)18-12-16(20)15-6-4-5-7-17(15)21-18/h4-7,13-14,16,18H,8-12,20H2,1-3H3/t13?,14?,16-,18?/m1/s1. The fourth-order valence-corrected chi connectivity index (χ4v) is 4.13. The van der Waals surface area contributed by atoms with Gasteiger partial charge in [0.2, 0.25) is 0 Å². The molecule has 1 aliphatic heterocycles. The lowest BCUT2D eigenvalue weighted by molar-refractivity contribution is 0.0502. The minimum absolute atomic E-state index is 0.139. The summed E-state index contributed by atoms with van der Waals surface area (Å²) in [6, 6.07) is 8.41. The topological polar surface area (TPSA) is 35.2 Å². The van der Waals surface area contributed by atoms with E-state index in [1.54, 1.807) is 0 Å². The van der Waals surface area contributed by atoms with Crippen LogP contribution in [0.25, 0.3) is 0 Å². The summed E-state index contributed by atoms with van der Waals surface area (Å²) in [5.74, 6) is 2.56. The molecule has 1 heterocycles. The van der Waals surface area contributed by atoms with Gasteiger partial charge in [-0.05, 0) is 49.0 Å². The second-order valence-corrected chi connectivity index (χ2v) is 8.01. The van der Waals surface area contributed by atoms with Gasteiger partial charge in [-0.2, -0.15) is 0 Å². The SMILES string of the molecule is CC(C)(C)C1CCC(C2C[C@@H](N)c3ccccc3O2)CC1. The van der Waals surface area contributed by atoms with Crippen LogP contribution in [0.3, 0.4) is 0 Å². The van der Waals surface area contributed by atoms with Gasteiger partial charge in [0.05, 0.1) is 0 Å². The molecular formula is C19H29NO. The lowest BCUT2D eigenvalue weighted by atomic mass is 9.68. The highest BCUT2D eigenvalue weighted by molar-refractivity contribution is 5.37. The summed E-state index contributed by atoms with van der Waals surface area (Å²) in [5, 5.41) is 0. The Labute approximate surface area is 129 Å². The van der Waals surface area contributed by atoms with Crippen LogP contribution in [0.2, 0.25) is 0 Å². The van der Waals surface area contributed by atoms with E-state index in [1.807, 2.05) is 6.07 Å². The van der Waals surface area contributed by atoms with E-state index in [0.29, 0.717) is 17.4 Å². The predicted octanol–water partition coefficient (Wildman–Crippen LogP) is 4.69. The number of ether oxygens (including phenoxy) is 1. The second kappa shape index (κ2) is 5.64. The average Bonchev–Trinajstić information content (AvgIpc) is 2.46. The molecule has 2 aliphatic rings. The Balaban J connectivity index is 1.65. The Kier molecular flexibility index (Phi) is 4.00.